The molecule has 0 aliphatic carbocycles. The molecule has 0 bridgehead atoms. The maximum atomic E-state index is 13.4. The molecule has 1 heterocycles. The molecule has 0 unspecified atom stereocenters. The van der Waals surface area contributed by atoms with Gasteiger partial charge in [0, 0.05) is 22.2 Å². The number of hydrogen-bond acceptors (Lipinski definition) is 6. The number of aromatic amines is 1. The van der Waals surface area contributed by atoms with Gasteiger partial charge in [-0.05, 0) is 61.2 Å². The van der Waals surface area contributed by atoms with Crippen LogP contribution in [0.2, 0.25) is 0 Å². The Hall–Kier alpha value is -4.01. The van der Waals surface area contributed by atoms with Crippen LogP contribution in [0.4, 0.5) is 10.5 Å². The van der Waals surface area contributed by atoms with Crippen LogP contribution in [0.15, 0.2) is 42.5 Å². The number of nitrogens with one attached hydrogen (secondary N) is 2. The van der Waals surface area contributed by atoms with Crippen LogP contribution in [0.5, 0.6) is 5.75 Å². The van der Waals surface area contributed by atoms with E-state index in [4.69, 9.17) is 14.2 Å². The zero-order valence-corrected chi connectivity index (χ0v) is 22.3. The topological polar surface area (TPSA) is 110 Å². The quantitative estimate of drug-likeness (QED) is 0.381. The Morgan fingerprint density at radius 1 is 0.973 bits per heavy atom. The summed E-state index contributed by atoms with van der Waals surface area (Å²) >= 11 is 0. The van der Waals surface area contributed by atoms with E-state index in [1.54, 1.807) is 45.2 Å². The van der Waals surface area contributed by atoms with Crippen molar-refractivity contribution in [2.24, 2.45) is 0 Å². The Balaban J connectivity index is 2.04. The van der Waals surface area contributed by atoms with Crippen LogP contribution < -0.4 is 10.1 Å². The first-order valence-electron chi connectivity index (χ1n) is 12.2. The molecule has 9 nitrogen and oxygen atoms in total. The van der Waals surface area contributed by atoms with Crippen LogP contribution in [-0.2, 0) is 26.2 Å². The lowest BCUT2D eigenvalue weighted by Crippen LogP contribution is -2.39. The second-order valence-corrected chi connectivity index (χ2v) is 9.53. The number of nitrogens with zero attached hydrogens (tertiary/aromatic N) is 1. The van der Waals surface area contributed by atoms with Crippen molar-refractivity contribution < 1.29 is 28.6 Å². The summed E-state index contributed by atoms with van der Waals surface area (Å²) in [7, 11) is 1.56. The summed E-state index contributed by atoms with van der Waals surface area (Å²) in [4.78, 5) is 43.1. The van der Waals surface area contributed by atoms with E-state index in [2.05, 4.69) is 31.1 Å². The van der Waals surface area contributed by atoms with Gasteiger partial charge in [0.15, 0.2) is 0 Å². The third-order valence-electron chi connectivity index (χ3n) is 5.85. The highest BCUT2D eigenvalue weighted by atomic mass is 16.5. The molecule has 2 amide bonds. The van der Waals surface area contributed by atoms with Crippen molar-refractivity contribution in [3.05, 3.63) is 59.3 Å². The Labute approximate surface area is 217 Å². The SMILES string of the molecule is CCOC(=O)CN(Cc1c(C(=O)OCC)[nH]c2ccc(C(C)(C)C)cc12)C(=O)Nc1ccc(OC)cc1. The number of aromatic nitrogens is 1. The molecule has 198 valence electrons. The van der Waals surface area contributed by atoms with Gasteiger partial charge in [-0.2, -0.15) is 0 Å². The molecule has 0 aliphatic heterocycles. The zero-order valence-electron chi connectivity index (χ0n) is 22.3. The molecule has 3 aromatic rings. The van der Waals surface area contributed by atoms with E-state index < -0.39 is 18.0 Å². The Bertz CT molecular complexity index is 1260. The molecule has 0 radical (unpaired) electrons. The number of benzene rings is 2. The third kappa shape index (κ3) is 6.81. The minimum atomic E-state index is -0.555. The molecule has 2 N–H and O–H groups in total. The first-order chi connectivity index (χ1) is 17.6. The number of hydrogen-bond donors (Lipinski definition) is 2. The summed E-state index contributed by atoms with van der Waals surface area (Å²) < 4.78 is 15.6. The van der Waals surface area contributed by atoms with E-state index in [1.807, 2.05) is 18.2 Å². The highest BCUT2D eigenvalue weighted by molar-refractivity contribution is 5.99. The molecular formula is C28H35N3O6. The van der Waals surface area contributed by atoms with E-state index in [1.165, 1.54) is 4.90 Å². The number of fused-ring (bicyclic) bond motifs is 1. The molecular weight excluding hydrogens is 474 g/mol. The largest absolute Gasteiger partial charge is 0.497 e. The van der Waals surface area contributed by atoms with Crippen LogP contribution in [0.25, 0.3) is 10.9 Å². The third-order valence-corrected chi connectivity index (χ3v) is 5.85. The van der Waals surface area contributed by atoms with Gasteiger partial charge in [-0.1, -0.05) is 26.8 Å². The number of urea groups is 1. The molecule has 3 rings (SSSR count). The monoisotopic (exact) mass is 509 g/mol. The zero-order chi connectivity index (χ0) is 27.2. The molecule has 0 aliphatic rings. The molecule has 2 aromatic carbocycles. The second kappa shape index (κ2) is 11.8. The van der Waals surface area contributed by atoms with Crippen LogP contribution in [-0.4, -0.2) is 54.7 Å². The van der Waals surface area contributed by atoms with Gasteiger partial charge in [0.25, 0.3) is 0 Å². The minimum Gasteiger partial charge on any atom is -0.497 e. The van der Waals surface area contributed by atoms with Crippen LogP contribution in [0.3, 0.4) is 0 Å². The molecule has 0 fully saturated rings. The van der Waals surface area contributed by atoms with E-state index in [0.717, 1.165) is 16.5 Å². The number of esters is 2. The predicted octanol–water partition coefficient (Wildman–Crippen LogP) is 5.25. The van der Waals surface area contributed by atoms with Crippen molar-refractivity contribution in [3.8, 4) is 5.75 Å². The number of carbonyl (C=O) groups is 3. The van der Waals surface area contributed by atoms with Crippen molar-refractivity contribution in [2.45, 2.75) is 46.6 Å². The molecule has 0 atom stereocenters. The first kappa shape index (κ1) is 27.6. The summed E-state index contributed by atoms with van der Waals surface area (Å²) in [6, 6.07) is 12.2. The molecule has 9 heteroatoms. The summed E-state index contributed by atoms with van der Waals surface area (Å²) in [5, 5.41) is 3.59. The van der Waals surface area contributed by atoms with Gasteiger partial charge >= 0.3 is 18.0 Å². The van der Waals surface area contributed by atoms with Gasteiger partial charge in [-0.15, -0.1) is 0 Å². The molecule has 1 aromatic heterocycles. The highest BCUT2D eigenvalue weighted by Crippen LogP contribution is 2.31. The van der Waals surface area contributed by atoms with Crippen LogP contribution in [0, 0.1) is 0 Å². The Morgan fingerprint density at radius 3 is 2.24 bits per heavy atom. The van der Waals surface area contributed by atoms with E-state index in [-0.39, 0.29) is 37.4 Å². The summed E-state index contributed by atoms with van der Waals surface area (Å²) in [5.41, 5.74) is 3.00. The van der Waals surface area contributed by atoms with Crippen molar-refractivity contribution >= 4 is 34.6 Å². The van der Waals surface area contributed by atoms with Gasteiger partial charge < -0.3 is 29.4 Å². The lowest BCUT2D eigenvalue weighted by atomic mass is 9.86. The number of H-pyrrole nitrogens is 1. The number of ether oxygens (including phenoxy) is 3. The maximum Gasteiger partial charge on any atom is 0.355 e. The fourth-order valence-electron chi connectivity index (χ4n) is 3.89. The fraction of sp³-hybridized carbons (Fsp3) is 0.393. The number of amides is 2. The number of anilines is 1. The summed E-state index contributed by atoms with van der Waals surface area (Å²) in [6.07, 6.45) is 0. The number of rotatable bonds is 9. The van der Waals surface area contributed by atoms with Gasteiger partial charge in [0.2, 0.25) is 0 Å². The average molecular weight is 510 g/mol. The minimum absolute atomic E-state index is 0.0253. The molecule has 37 heavy (non-hydrogen) atoms. The van der Waals surface area contributed by atoms with E-state index in [0.29, 0.717) is 17.0 Å². The average Bonchev–Trinajstić information content (AvgIpc) is 3.21. The Kier molecular flexibility index (Phi) is 8.81. The molecule has 0 saturated heterocycles. The number of carbonyl (C=O) groups excluding carboxylic acids is 3. The standard InChI is InChI=1S/C28H35N3O6/c1-7-36-24(32)17-31(27(34)29-19-10-12-20(35-6)13-11-19)16-22-21-15-18(28(3,4)5)9-14-23(21)30-25(22)26(33)37-8-2/h9-15,30H,7-8,16-17H2,1-6H3,(H,29,34). The van der Waals surface area contributed by atoms with Crippen molar-refractivity contribution in [1.82, 2.24) is 9.88 Å². The summed E-state index contributed by atoms with van der Waals surface area (Å²) in [6.45, 7) is 9.78. The van der Waals surface area contributed by atoms with Gasteiger partial charge in [0.1, 0.15) is 18.0 Å². The van der Waals surface area contributed by atoms with Crippen LogP contribution >= 0.6 is 0 Å². The van der Waals surface area contributed by atoms with Gasteiger partial charge in [0.05, 0.1) is 26.9 Å². The van der Waals surface area contributed by atoms with E-state index in [9.17, 15) is 14.4 Å². The fourth-order valence-corrected chi connectivity index (χ4v) is 3.89. The lowest BCUT2D eigenvalue weighted by molar-refractivity contribution is -0.143. The number of methoxy groups -OCH3 is 1. The second-order valence-electron chi connectivity index (χ2n) is 9.53. The van der Waals surface area contributed by atoms with E-state index >= 15 is 0 Å². The highest BCUT2D eigenvalue weighted by Gasteiger charge is 2.26. The summed E-state index contributed by atoms with van der Waals surface area (Å²) in [5.74, 6) is -0.438. The molecule has 0 saturated carbocycles. The van der Waals surface area contributed by atoms with Gasteiger partial charge in [-0.25, -0.2) is 9.59 Å². The molecule has 0 spiro atoms. The Morgan fingerprint density at radius 2 is 1.65 bits per heavy atom. The predicted molar refractivity (Wildman–Crippen MR) is 142 cm³/mol. The van der Waals surface area contributed by atoms with Crippen molar-refractivity contribution in [2.75, 3.05) is 32.2 Å². The van der Waals surface area contributed by atoms with Gasteiger partial charge in [-0.3, -0.25) is 4.79 Å². The first-order valence-corrected chi connectivity index (χ1v) is 12.2. The maximum absolute atomic E-state index is 13.4. The smallest absolute Gasteiger partial charge is 0.355 e. The van der Waals surface area contributed by atoms with Crippen molar-refractivity contribution in [3.63, 3.8) is 0 Å². The lowest BCUT2D eigenvalue weighted by Gasteiger charge is -2.23. The van der Waals surface area contributed by atoms with Crippen LogP contribution in [0.1, 0.15) is 56.2 Å². The van der Waals surface area contributed by atoms with Crippen molar-refractivity contribution in [1.29, 1.82) is 0 Å². The normalized spacial score (nSPS) is 11.2.